The molecule has 7 heteroatoms. The zero-order valence-electron chi connectivity index (χ0n) is 17.5. The highest BCUT2D eigenvalue weighted by Crippen LogP contribution is 2.37. The third-order valence-corrected chi connectivity index (χ3v) is 7.48. The van der Waals surface area contributed by atoms with Crippen LogP contribution in [0.25, 0.3) is 0 Å². The summed E-state index contributed by atoms with van der Waals surface area (Å²) in [6, 6.07) is 4.91. The molecule has 3 rings (SSSR count). The molecule has 4 unspecified atom stereocenters. The van der Waals surface area contributed by atoms with E-state index in [-0.39, 0.29) is 35.5 Å². The van der Waals surface area contributed by atoms with Crippen LogP contribution in [0.4, 0.5) is 0 Å². The van der Waals surface area contributed by atoms with Gasteiger partial charge in [-0.05, 0) is 56.6 Å². The third kappa shape index (κ3) is 5.83. The first kappa shape index (κ1) is 23.9. The first-order chi connectivity index (χ1) is 13.0. The van der Waals surface area contributed by atoms with Crippen molar-refractivity contribution in [2.45, 2.75) is 57.6 Å². The number of thiophene rings is 1. The largest absolute Gasteiger partial charge is 0.392 e. The van der Waals surface area contributed by atoms with Gasteiger partial charge in [-0.15, -0.1) is 35.3 Å². The van der Waals surface area contributed by atoms with Gasteiger partial charge < -0.3 is 15.7 Å². The Labute approximate surface area is 191 Å². The molecule has 1 aromatic rings. The lowest BCUT2D eigenvalue weighted by atomic mass is 9.73. The predicted octanol–water partition coefficient (Wildman–Crippen LogP) is 3.86. The summed E-state index contributed by atoms with van der Waals surface area (Å²) in [5, 5.41) is 19.6. The van der Waals surface area contributed by atoms with E-state index < -0.39 is 0 Å². The predicted molar refractivity (Wildman–Crippen MR) is 130 cm³/mol. The molecule has 2 heterocycles. The monoisotopic (exact) mass is 520 g/mol. The van der Waals surface area contributed by atoms with E-state index in [1.54, 1.807) is 0 Å². The summed E-state index contributed by atoms with van der Waals surface area (Å²) < 4.78 is 0. The SMILES string of the molecule is CN=C(NCC1CCCN(C)C1c1cccs1)NCC1(C)CCCCC1O.I. The molecule has 4 atom stereocenters. The highest BCUT2D eigenvalue weighted by molar-refractivity contribution is 14.0. The standard InChI is InChI=1S/C21H36N4OS.HI/c1-21(11-5-4-10-18(21)26)15-24-20(22-2)23-14-16-8-6-12-25(3)19(16)17-9-7-13-27-17;/h7,9,13,16,18-19,26H,4-6,8,10-12,14-15H2,1-3H3,(H2,22,23,24);1H. The van der Waals surface area contributed by atoms with Crippen molar-refractivity contribution in [3.63, 3.8) is 0 Å². The number of piperidine rings is 1. The molecule has 1 saturated heterocycles. The molecule has 0 radical (unpaired) electrons. The number of guanidine groups is 1. The number of hydrogen-bond acceptors (Lipinski definition) is 4. The van der Waals surface area contributed by atoms with Crippen LogP contribution in [0.2, 0.25) is 0 Å². The smallest absolute Gasteiger partial charge is 0.191 e. The molecule has 2 aliphatic rings. The van der Waals surface area contributed by atoms with Gasteiger partial charge in [0.25, 0.3) is 0 Å². The Kier molecular flexibility index (Phi) is 9.50. The fraction of sp³-hybridized carbons (Fsp3) is 0.762. The van der Waals surface area contributed by atoms with Gasteiger partial charge in [0.1, 0.15) is 0 Å². The number of halogens is 1. The topological polar surface area (TPSA) is 59.9 Å². The first-order valence-electron chi connectivity index (χ1n) is 10.4. The van der Waals surface area contributed by atoms with Crippen molar-refractivity contribution in [3.8, 4) is 0 Å². The van der Waals surface area contributed by atoms with Gasteiger partial charge in [-0.25, -0.2) is 0 Å². The van der Waals surface area contributed by atoms with Crippen LogP contribution < -0.4 is 10.6 Å². The van der Waals surface area contributed by atoms with Crippen LogP contribution in [0.15, 0.2) is 22.5 Å². The van der Waals surface area contributed by atoms with Crippen molar-refractivity contribution < 1.29 is 5.11 Å². The van der Waals surface area contributed by atoms with Gasteiger partial charge in [-0.2, -0.15) is 0 Å². The maximum atomic E-state index is 10.4. The van der Waals surface area contributed by atoms with Gasteiger partial charge in [0.2, 0.25) is 0 Å². The Morgan fingerprint density at radius 2 is 2.14 bits per heavy atom. The van der Waals surface area contributed by atoms with Crippen LogP contribution in [0.1, 0.15) is 56.4 Å². The second kappa shape index (κ2) is 11.1. The van der Waals surface area contributed by atoms with E-state index in [0.29, 0.717) is 12.0 Å². The fourth-order valence-electron chi connectivity index (χ4n) is 4.70. The van der Waals surface area contributed by atoms with Crippen LogP contribution in [0.3, 0.4) is 0 Å². The Morgan fingerprint density at radius 1 is 1.32 bits per heavy atom. The van der Waals surface area contributed by atoms with E-state index in [9.17, 15) is 5.11 Å². The zero-order chi connectivity index (χ0) is 19.3. The number of aliphatic hydroxyl groups is 1. The molecule has 160 valence electrons. The summed E-state index contributed by atoms with van der Waals surface area (Å²) in [5.41, 5.74) is -0.0551. The summed E-state index contributed by atoms with van der Waals surface area (Å²) in [7, 11) is 4.08. The lowest BCUT2D eigenvalue weighted by Gasteiger charge is -2.40. The third-order valence-electron chi connectivity index (χ3n) is 6.54. The number of aliphatic imine (C=N–C) groups is 1. The van der Waals surface area contributed by atoms with Crippen molar-refractivity contribution in [1.29, 1.82) is 0 Å². The minimum absolute atomic E-state index is 0. The molecule has 3 N–H and O–H groups in total. The molecule has 5 nitrogen and oxygen atoms in total. The highest BCUT2D eigenvalue weighted by atomic mass is 127. The van der Waals surface area contributed by atoms with E-state index >= 15 is 0 Å². The summed E-state index contributed by atoms with van der Waals surface area (Å²) in [6.07, 6.45) is 6.62. The van der Waals surface area contributed by atoms with E-state index in [4.69, 9.17) is 0 Å². The Morgan fingerprint density at radius 3 is 2.82 bits per heavy atom. The average Bonchev–Trinajstić information content (AvgIpc) is 3.19. The second-order valence-corrected chi connectivity index (χ2v) is 9.54. The molecule has 0 bridgehead atoms. The van der Waals surface area contributed by atoms with Gasteiger partial charge in [-0.1, -0.05) is 25.8 Å². The summed E-state index contributed by atoms with van der Waals surface area (Å²) in [5.74, 6) is 1.43. The molecule has 28 heavy (non-hydrogen) atoms. The van der Waals surface area contributed by atoms with E-state index in [2.05, 4.69) is 52.0 Å². The van der Waals surface area contributed by atoms with Crippen LogP contribution in [0, 0.1) is 11.3 Å². The number of nitrogens with one attached hydrogen (secondary N) is 2. The highest BCUT2D eigenvalue weighted by Gasteiger charge is 2.35. The van der Waals surface area contributed by atoms with Crippen LogP contribution in [-0.2, 0) is 0 Å². The summed E-state index contributed by atoms with van der Waals surface area (Å²) in [4.78, 5) is 8.38. The van der Waals surface area contributed by atoms with Gasteiger partial charge in [-0.3, -0.25) is 9.89 Å². The van der Waals surface area contributed by atoms with Crippen molar-refractivity contribution in [2.24, 2.45) is 16.3 Å². The van der Waals surface area contributed by atoms with Crippen LogP contribution in [0.5, 0.6) is 0 Å². The lowest BCUT2D eigenvalue weighted by molar-refractivity contribution is 0.00395. The van der Waals surface area contributed by atoms with Gasteiger partial charge >= 0.3 is 0 Å². The minimum Gasteiger partial charge on any atom is -0.392 e. The van der Waals surface area contributed by atoms with Gasteiger partial charge in [0.05, 0.1) is 6.10 Å². The molecule has 1 aromatic heterocycles. The Hall–Kier alpha value is -0.380. The van der Waals surface area contributed by atoms with E-state index in [1.807, 2.05) is 18.4 Å². The van der Waals surface area contributed by atoms with Crippen molar-refractivity contribution in [1.82, 2.24) is 15.5 Å². The minimum atomic E-state index is -0.216. The molecule has 1 aliphatic heterocycles. The number of likely N-dealkylation sites (tertiary alicyclic amines) is 1. The maximum absolute atomic E-state index is 10.4. The van der Waals surface area contributed by atoms with E-state index in [1.165, 1.54) is 30.7 Å². The quantitative estimate of drug-likeness (QED) is 0.314. The van der Waals surface area contributed by atoms with Crippen molar-refractivity contribution in [3.05, 3.63) is 22.4 Å². The molecule has 1 aliphatic carbocycles. The summed E-state index contributed by atoms with van der Waals surface area (Å²) in [6.45, 7) is 5.06. The molecule has 0 spiro atoms. The van der Waals surface area contributed by atoms with Crippen LogP contribution >= 0.6 is 35.3 Å². The molecule has 0 amide bonds. The fourth-order valence-corrected chi connectivity index (χ4v) is 5.69. The number of aliphatic hydroxyl groups excluding tert-OH is 1. The number of nitrogens with zero attached hydrogens (tertiary/aromatic N) is 2. The molecule has 1 saturated carbocycles. The molecular formula is C21H37IN4OS. The second-order valence-electron chi connectivity index (χ2n) is 8.57. The summed E-state index contributed by atoms with van der Waals surface area (Å²) >= 11 is 1.86. The Balaban J connectivity index is 0.00000280. The number of rotatable bonds is 5. The van der Waals surface area contributed by atoms with Crippen molar-refractivity contribution >= 4 is 41.3 Å². The maximum Gasteiger partial charge on any atom is 0.191 e. The number of hydrogen-bond donors (Lipinski definition) is 3. The van der Waals surface area contributed by atoms with E-state index in [0.717, 1.165) is 38.3 Å². The average molecular weight is 521 g/mol. The van der Waals surface area contributed by atoms with Gasteiger partial charge in [0.15, 0.2) is 5.96 Å². The Bertz CT molecular complexity index is 612. The normalized spacial score (nSPS) is 31.9. The lowest BCUT2D eigenvalue weighted by Crippen LogP contribution is -2.50. The molecule has 2 fully saturated rings. The first-order valence-corrected chi connectivity index (χ1v) is 11.3. The van der Waals surface area contributed by atoms with Gasteiger partial charge in [0, 0.05) is 36.5 Å². The zero-order valence-corrected chi connectivity index (χ0v) is 20.6. The molecule has 0 aromatic carbocycles. The molecular weight excluding hydrogens is 483 g/mol. The van der Waals surface area contributed by atoms with Crippen LogP contribution in [-0.4, -0.2) is 55.8 Å². The van der Waals surface area contributed by atoms with Crippen molar-refractivity contribution in [2.75, 3.05) is 33.7 Å².